The number of hydrogen-bond donors (Lipinski definition) is 0. The van der Waals surface area contributed by atoms with Gasteiger partial charge in [-0.05, 0) is 76.5 Å². The number of hydrogen-bond acceptors (Lipinski definition) is 2. The standard InChI is InChI=1S/C56H36N4/c1-4-14-37(15-5-1)38-24-27-41(28-25-38)56-57-49(40-16-6-2-7-17-40)36-50(58-56)42-29-26-39-30-31-45(35-43(39)34-42)60-51-22-12-10-20-46(51)47-32-33-53-54(55(47)60)48-21-11-13-23-52(48)59(53)44-18-8-3-9-19-44/h1-36H. The van der Waals surface area contributed by atoms with Crippen LogP contribution in [0.25, 0.3) is 111 Å². The van der Waals surface area contributed by atoms with Crippen molar-refractivity contribution in [3.05, 3.63) is 218 Å². The molecule has 0 radical (unpaired) electrons. The van der Waals surface area contributed by atoms with E-state index < -0.39 is 0 Å². The molecule has 4 nitrogen and oxygen atoms in total. The molecule has 280 valence electrons. The summed E-state index contributed by atoms with van der Waals surface area (Å²) < 4.78 is 4.87. The predicted octanol–water partition coefficient (Wildman–Crippen LogP) is 14.5. The predicted molar refractivity (Wildman–Crippen MR) is 250 cm³/mol. The van der Waals surface area contributed by atoms with Crippen LogP contribution >= 0.6 is 0 Å². The van der Waals surface area contributed by atoms with Gasteiger partial charge < -0.3 is 9.13 Å². The molecule has 0 N–H and O–H groups in total. The first-order valence-corrected chi connectivity index (χ1v) is 20.4. The highest BCUT2D eigenvalue weighted by molar-refractivity contribution is 6.26. The molecule has 12 aromatic rings. The monoisotopic (exact) mass is 764 g/mol. The Balaban J connectivity index is 1.04. The Kier molecular flexibility index (Phi) is 7.82. The van der Waals surface area contributed by atoms with Crippen molar-refractivity contribution in [3.63, 3.8) is 0 Å². The second-order valence-electron chi connectivity index (χ2n) is 15.4. The molecule has 0 aliphatic heterocycles. The Bertz CT molecular complexity index is 3570. The van der Waals surface area contributed by atoms with Gasteiger partial charge in [0, 0.05) is 49.6 Å². The van der Waals surface area contributed by atoms with E-state index in [9.17, 15) is 0 Å². The van der Waals surface area contributed by atoms with E-state index in [1.807, 2.05) is 12.1 Å². The zero-order valence-electron chi connectivity index (χ0n) is 32.6. The van der Waals surface area contributed by atoms with Gasteiger partial charge in [-0.15, -0.1) is 0 Å². The lowest BCUT2D eigenvalue weighted by Crippen LogP contribution is -1.97. The van der Waals surface area contributed by atoms with Crippen LogP contribution in [0.3, 0.4) is 0 Å². The van der Waals surface area contributed by atoms with Crippen LogP contribution in [0.5, 0.6) is 0 Å². The summed E-state index contributed by atoms with van der Waals surface area (Å²) in [5, 5.41) is 7.26. The maximum absolute atomic E-state index is 5.23. The molecular formula is C56H36N4. The van der Waals surface area contributed by atoms with Gasteiger partial charge in [-0.1, -0.05) is 164 Å². The van der Waals surface area contributed by atoms with Crippen LogP contribution in [0.4, 0.5) is 0 Å². The lowest BCUT2D eigenvalue weighted by Gasteiger charge is -2.13. The van der Waals surface area contributed by atoms with E-state index in [1.54, 1.807) is 0 Å². The van der Waals surface area contributed by atoms with Gasteiger partial charge in [0.25, 0.3) is 0 Å². The van der Waals surface area contributed by atoms with E-state index in [0.717, 1.165) is 50.4 Å². The summed E-state index contributed by atoms with van der Waals surface area (Å²) in [4.78, 5) is 10.4. The van der Waals surface area contributed by atoms with E-state index in [0.29, 0.717) is 5.82 Å². The molecule has 0 aliphatic rings. The highest BCUT2D eigenvalue weighted by Gasteiger charge is 2.21. The van der Waals surface area contributed by atoms with Gasteiger partial charge in [0.1, 0.15) is 0 Å². The molecule has 0 amide bonds. The van der Waals surface area contributed by atoms with E-state index in [4.69, 9.17) is 9.97 Å². The highest BCUT2D eigenvalue weighted by atomic mass is 15.0. The summed E-state index contributed by atoms with van der Waals surface area (Å²) in [5.74, 6) is 0.698. The molecule has 4 heteroatoms. The van der Waals surface area contributed by atoms with Crippen LogP contribution in [0.15, 0.2) is 218 Å². The van der Waals surface area contributed by atoms with Crippen molar-refractivity contribution in [2.45, 2.75) is 0 Å². The van der Waals surface area contributed by atoms with Crippen molar-refractivity contribution in [1.29, 1.82) is 0 Å². The largest absolute Gasteiger partial charge is 0.309 e. The molecule has 0 unspecified atom stereocenters. The van der Waals surface area contributed by atoms with Crippen molar-refractivity contribution < 1.29 is 0 Å². The van der Waals surface area contributed by atoms with Gasteiger partial charge in [-0.2, -0.15) is 0 Å². The topological polar surface area (TPSA) is 35.6 Å². The number of benzene rings is 9. The SMILES string of the molecule is c1ccc(-c2ccc(-c3nc(-c4ccccc4)cc(-c4ccc5ccc(-n6c7ccccc7c7ccc8c(c9ccccc9n8-c8ccccc8)c76)cc5c4)n3)cc2)cc1. The Labute approximate surface area is 346 Å². The van der Waals surface area contributed by atoms with Crippen molar-refractivity contribution >= 4 is 54.4 Å². The van der Waals surface area contributed by atoms with Crippen LogP contribution in [0.1, 0.15) is 0 Å². The second-order valence-corrected chi connectivity index (χ2v) is 15.4. The number of rotatable bonds is 6. The van der Waals surface area contributed by atoms with E-state index in [2.05, 4.69) is 215 Å². The number of fused-ring (bicyclic) bond motifs is 8. The van der Waals surface area contributed by atoms with Crippen molar-refractivity contribution in [2.24, 2.45) is 0 Å². The quantitative estimate of drug-likeness (QED) is 0.169. The molecule has 0 fully saturated rings. The molecule has 0 spiro atoms. The second kappa shape index (κ2) is 13.8. The first-order chi connectivity index (χ1) is 29.7. The molecule has 3 heterocycles. The van der Waals surface area contributed by atoms with E-state index in [-0.39, 0.29) is 0 Å². The third-order valence-corrected chi connectivity index (χ3v) is 11.9. The van der Waals surface area contributed by atoms with Crippen LogP contribution < -0.4 is 0 Å². The third kappa shape index (κ3) is 5.53. The zero-order chi connectivity index (χ0) is 39.6. The molecule has 60 heavy (non-hydrogen) atoms. The summed E-state index contributed by atoms with van der Waals surface area (Å²) in [6.45, 7) is 0. The lowest BCUT2D eigenvalue weighted by molar-refractivity contribution is 1.17. The minimum absolute atomic E-state index is 0.698. The molecule has 0 saturated carbocycles. The Morgan fingerprint density at radius 2 is 0.867 bits per heavy atom. The van der Waals surface area contributed by atoms with Crippen molar-refractivity contribution in [3.8, 4) is 56.4 Å². The van der Waals surface area contributed by atoms with Crippen LogP contribution in [-0.4, -0.2) is 19.1 Å². The fourth-order valence-electron chi connectivity index (χ4n) is 9.09. The zero-order valence-corrected chi connectivity index (χ0v) is 32.6. The molecule has 0 aliphatic carbocycles. The van der Waals surface area contributed by atoms with Crippen LogP contribution in [0.2, 0.25) is 0 Å². The Morgan fingerprint density at radius 1 is 0.300 bits per heavy atom. The minimum Gasteiger partial charge on any atom is -0.309 e. The van der Waals surface area contributed by atoms with Crippen LogP contribution in [0, 0.1) is 0 Å². The molecule has 0 saturated heterocycles. The number of para-hydroxylation sites is 3. The van der Waals surface area contributed by atoms with Crippen molar-refractivity contribution in [1.82, 2.24) is 19.1 Å². The fraction of sp³-hybridized carbons (Fsp3) is 0. The maximum atomic E-state index is 5.23. The Hall–Kier alpha value is -8.08. The van der Waals surface area contributed by atoms with Gasteiger partial charge in [0.15, 0.2) is 5.82 Å². The van der Waals surface area contributed by atoms with E-state index >= 15 is 0 Å². The average Bonchev–Trinajstić information content (AvgIpc) is 3.85. The Morgan fingerprint density at radius 3 is 1.62 bits per heavy atom. The smallest absolute Gasteiger partial charge is 0.160 e. The summed E-state index contributed by atoms with van der Waals surface area (Å²) in [6, 6.07) is 77.9. The van der Waals surface area contributed by atoms with Gasteiger partial charge in [-0.25, -0.2) is 9.97 Å². The minimum atomic E-state index is 0.698. The summed E-state index contributed by atoms with van der Waals surface area (Å²) >= 11 is 0. The molecule has 0 bridgehead atoms. The first kappa shape index (κ1) is 34.0. The van der Waals surface area contributed by atoms with Gasteiger partial charge in [0.05, 0.1) is 33.5 Å². The number of aromatic nitrogens is 4. The highest BCUT2D eigenvalue weighted by Crippen LogP contribution is 2.42. The summed E-state index contributed by atoms with van der Waals surface area (Å²) in [5.41, 5.74) is 14.2. The van der Waals surface area contributed by atoms with Crippen molar-refractivity contribution in [2.75, 3.05) is 0 Å². The number of nitrogens with zero attached hydrogens (tertiary/aromatic N) is 4. The molecule has 9 aromatic carbocycles. The normalized spacial score (nSPS) is 11.7. The summed E-state index contributed by atoms with van der Waals surface area (Å²) in [7, 11) is 0. The fourth-order valence-corrected chi connectivity index (χ4v) is 9.09. The van der Waals surface area contributed by atoms with Crippen LogP contribution in [-0.2, 0) is 0 Å². The first-order valence-electron chi connectivity index (χ1n) is 20.4. The van der Waals surface area contributed by atoms with Gasteiger partial charge in [0.2, 0.25) is 0 Å². The molecule has 12 rings (SSSR count). The molecule has 0 atom stereocenters. The third-order valence-electron chi connectivity index (χ3n) is 11.9. The molecule has 3 aromatic heterocycles. The average molecular weight is 765 g/mol. The maximum Gasteiger partial charge on any atom is 0.160 e. The van der Waals surface area contributed by atoms with Gasteiger partial charge >= 0.3 is 0 Å². The van der Waals surface area contributed by atoms with Gasteiger partial charge in [-0.3, -0.25) is 0 Å². The molecular weight excluding hydrogens is 729 g/mol. The lowest BCUT2D eigenvalue weighted by atomic mass is 10.0. The summed E-state index contributed by atoms with van der Waals surface area (Å²) in [6.07, 6.45) is 0. The van der Waals surface area contributed by atoms with E-state index in [1.165, 1.54) is 54.6 Å².